The van der Waals surface area contributed by atoms with Gasteiger partial charge in [-0.05, 0) is 24.6 Å². The van der Waals surface area contributed by atoms with E-state index in [9.17, 15) is 13.2 Å². The van der Waals surface area contributed by atoms with E-state index in [0.717, 1.165) is 5.56 Å². The summed E-state index contributed by atoms with van der Waals surface area (Å²) < 4.78 is 25.0. The Morgan fingerprint density at radius 3 is 2.42 bits per heavy atom. The van der Waals surface area contributed by atoms with Crippen molar-refractivity contribution >= 4 is 15.9 Å². The summed E-state index contributed by atoms with van der Waals surface area (Å²) >= 11 is 0. The number of carbonyl (C=O) groups excluding carboxylic acids is 1. The van der Waals surface area contributed by atoms with Crippen molar-refractivity contribution in [1.29, 1.82) is 0 Å². The van der Waals surface area contributed by atoms with Gasteiger partial charge in [-0.1, -0.05) is 12.1 Å². The van der Waals surface area contributed by atoms with Crippen molar-refractivity contribution in [3.63, 3.8) is 0 Å². The molecule has 19 heavy (non-hydrogen) atoms. The highest BCUT2D eigenvalue weighted by Crippen LogP contribution is 2.04. The summed E-state index contributed by atoms with van der Waals surface area (Å²) in [6.45, 7) is 2.62. The fourth-order valence-corrected chi connectivity index (χ4v) is 1.95. The third kappa shape index (κ3) is 5.37. The minimum Gasteiger partial charge on any atom is -0.351 e. The molecule has 1 rings (SSSR count). The smallest absolute Gasteiger partial charge is 0.251 e. The molecule has 106 valence electrons. The van der Waals surface area contributed by atoms with Gasteiger partial charge in [0.1, 0.15) is 0 Å². The molecule has 0 atom stereocenters. The molecule has 1 aromatic carbocycles. The molecule has 0 fully saturated rings. The normalized spacial score (nSPS) is 11.3. The van der Waals surface area contributed by atoms with E-state index in [1.807, 2.05) is 0 Å². The molecule has 0 heterocycles. The molecular weight excluding hydrogens is 266 g/mol. The molecular formula is C12H19N3O3S. The molecule has 0 bridgehead atoms. The Hall–Kier alpha value is -1.44. The van der Waals surface area contributed by atoms with Crippen molar-refractivity contribution in [2.45, 2.75) is 13.5 Å². The molecule has 7 heteroatoms. The number of amides is 1. The second-order valence-electron chi connectivity index (χ2n) is 3.97. The van der Waals surface area contributed by atoms with Gasteiger partial charge in [0.2, 0.25) is 10.0 Å². The summed E-state index contributed by atoms with van der Waals surface area (Å²) in [7, 11) is -3.20. The zero-order valence-electron chi connectivity index (χ0n) is 10.8. The van der Waals surface area contributed by atoms with E-state index in [-0.39, 0.29) is 18.2 Å². The van der Waals surface area contributed by atoms with E-state index in [0.29, 0.717) is 18.7 Å². The van der Waals surface area contributed by atoms with Crippen molar-refractivity contribution in [3.05, 3.63) is 35.4 Å². The van der Waals surface area contributed by atoms with E-state index in [1.54, 1.807) is 31.2 Å². The Kier molecular flexibility index (Phi) is 5.94. The van der Waals surface area contributed by atoms with Gasteiger partial charge in [-0.15, -0.1) is 0 Å². The average Bonchev–Trinajstić information content (AvgIpc) is 2.43. The van der Waals surface area contributed by atoms with Gasteiger partial charge in [0.15, 0.2) is 0 Å². The molecule has 4 N–H and O–H groups in total. The summed E-state index contributed by atoms with van der Waals surface area (Å²) in [5.74, 6) is -0.141. The molecule has 0 aromatic heterocycles. The maximum atomic E-state index is 11.6. The van der Waals surface area contributed by atoms with Gasteiger partial charge in [-0.2, -0.15) is 0 Å². The zero-order valence-corrected chi connectivity index (χ0v) is 11.7. The SMILES string of the molecule is CCS(=O)(=O)NCc1ccc(C(=O)NCCN)cc1. The lowest BCUT2D eigenvalue weighted by molar-refractivity contribution is 0.0954. The average molecular weight is 285 g/mol. The number of hydrogen-bond donors (Lipinski definition) is 3. The Labute approximate surface area is 113 Å². The van der Waals surface area contributed by atoms with Crippen molar-refractivity contribution in [2.24, 2.45) is 5.73 Å². The Morgan fingerprint density at radius 2 is 1.89 bits per heavy atom. The van der Waals surface area contributed by atoms with Crippen LogP contribution in [0.5, 0.6) is 0 Å². The molecule has 0 saturated heterocycles. The van der Waals surface area contributed by atoms with Gasteiger partial charge >= 0.3 is 0 Å². The molecule has 0 spiro atoms. The van der Waals surface area contributed by atoms with E-state index >= 15 is 0 Å². The molecule has 0 saturated carbocycles. The zero-order chi connectivity index (χ0) is 14.3. The number of nitrogens with one attached hydrogen (secondary N) is 2. The Balaban J connectivity index is 2.59. The number of hydrogen-bond acceptors (Lipinski definition) is 4. The van der Waals surface area contributed by atoms with E-state index in [1.165, 1.54) is 0 Å². The first-order chi connectivity index (χ1) is 8.98. The van der Waals surface area contributed by atoms with Crippen LogP contribution in [0.3, 0.4) is 0 Å². The second-order valence-corrected chi connectivity index (χ2v) is 6.06. The lowest BCUT2D eigenvalue weighted by Crippen LogP contribution is -2.29. The topological polar surface area (TPSA) is 101 Å². The highest BCUT2D eigenvalue weighted by molar-refractivity contribution is 7.89. The van der Waals surface area contributed by atoms with Crippen LogP contribution in [0.2, 0.25) is 0 Å². The molecule has 0 radical (unpaired) electrons. The van der Waals surface area contributed by atoms with Crippen LogP contribution in [0, 0.1) is 0 Å². The van der Waals surface area contributed by atoms with Gasteiger partial charge in [0, 0.05) is 25.2 Å². The first kappa shape index (κ1) is 15.6. The van der Waals surface area contributed by atoms with Gasteiger partial charge in [0.05, 0.1) is 5.75 Å². The minimum absolute atomic E-state index is 0.0482. The fraction of sp³-hybridized carbons (Fsp3) is 0.417. The quantitative estimate of drug-likeness (QED) is 0.646. The monoisotopic (exact) mass is 285 g/mol. The predicted octanol–water partition coefficient (Wildman–Crippen LogP) is -0.186. The molecule has 0 aliphatic rings. The lowest BCUT2D eigenvalue weighted by atomic mass is 10.1. The van der Waals surface area contributed by atoms with Crippen molar-refractivity contribution in [3.8, 4) is 0 Å². The van der Waals surface area contributed by atoms with Crippen molar-refractivity contribution in [2.75, 3.05) is 18.8 Å². The van der Waals surface area contributed by atoms with Crippen molar-refractivity contribution < 1.29 is 13.2 Å². The molecule has 0 aliphatic carbocycles. The maximum absolute atomic E-state index is 11.6. The summed E-state index contributed by atoms with van der Waals surface area (Å²) in [6.07, 6.45) is 0. The largest absolute Gasteiger partial charge is 0.351 e. The molecule has 6 nitrogen and oxygen atoms in total. The first-order valence-electron chi connectivity index (χ1n) is 6.03. The summed E-state index contributed by atoms with van der Waals surface area (Å²) in [5, 5.41) is 2.66. The number of benzene rings is 1. The third-order valence-electron chi connectivity index (χ3n) is 2.52. The fourth-order valence-electron chi connectivity index (χ4n) is 1.36. The van der Waals surface area contributed by atoms with Crippen LogP contribution < -0.4 is 15.8 Å². The third-order valence-corrected chi connectivity index (χ3v) is 3.87. The number of nitrogens with two attached hydrogens (primary N) is 1. The van der Waals surface area contributed by atoms with Gasteiger partial charge in [-0.25, -0.2) is 13.1 Å². The Morgan fingerprint density at radius 1 is 1.26 bits per heavy atom. The maximum Gasteiger partial charge on any atom is 0.251 e. The van der Waals surface area contributed by atoms with Crippen LogP contribution in [-0.4, -0.2) is 33.2 Å². The van der Waals surface area contributed by atoms with Gasteiger partial charge in [0.25, 0.3) is 5.91 Å². The van der Waals surface area contributed by atoms with Crippen LogP contribution in [0.4, 0.5) is 0 Å². The van der Waals surface area contributed by atoms with Crippen LogP contribution >= 0.6 is 0 Å². The lowest BCUT2D eigenvalue weighted by Gasteiger charge is -2.06. The van der Waals surface area contributed by atoms with E-state index in [2.05, 4.69) is 10.0 Å². The summed E-state index contributed by atoms with van der Waals surface area (Å²) in [6, 6.07) is 6.74. The second kappa shape index (κ2) is 7.22. The van der Waals surface area contributed by atoms with E-state index < -0.39 is 10.0 Å². The number of sulfonamides is 1. The highest BCUT2D eigenvalue weighted by Gasteiger charge is 2.07. The molecule has 0 unspecified atom stereocenters. The summed E-state index contributed by atoms with van der Waals surface area (Å²) in [5.41, 5.74) is 6.61. The van der Waals surface area contributed by atoms with Crippen LogP contribution in [0.1, 0.15) is 22.8 Å². The molecule has 0 aliphatic heterocycles. The first-order valence-corrected chi connectivity index (χ1v) is 7.68. The van der Waals surface area contributed by atoms with Gasteiger partial charge in [-0.3, -0.25) is 4.79 Å². The number of rotatable bonds is 7. The summed E-state index contributed by atoms with van der Waals surface area (Å²) in [4.78, 5) is 11.6. The van der Waals surface area contributed by atoms with Crippen LogP contribution in [0.15, 0.2) is 24.3 Å². The van der Waals surface area contributed by atoms with E-state index in [4.69, 9.17) is 5.73 Å². The van der Waals surface area contributed by atoms with Crippen LogP contribution in [-0.2, 0) is 16.6 Å². The Bertz CT molecular complexity index is 512. The van der Waals surface area contributed by atoms with Crippen LogP contribution in [0.25, 0.3) is 0 Å². The molecule has 1 aromatic rings. The highest BCUT2D eigenvalue weighted by atomic mass is 32.2. The van der Waals surface area contributed by atoms with Gasteiger partial charge < -0.3 is 11.1 Å². The standard InChI is InChI=1S/C12H19N3O3S/c1-2-19(17,18)15-9-10-3-5-11(6-4-10)12(16)14-8-7-13/h3-6,15H,2,7-9,13H2,1H3,(H,14,16). The molecule has 1 amide bonds. The predicted molar refractivity (Wildman–Crippen MR) is 74.1 cm³/mol. The number of carbonyl (C=O) groups is 1. The van der Waals surface area contributed by atoms with Crippen molar-refractivity contribution in [1.82, 2.24) is 10.0 Å². The minimum atomic E-state index is -3.20.